The highest BCUT2D eigenvalue weighted by Gasteiger charge is 2.35. The molecule has 0 radical (unpaired) electrons. The standard InChI is InChI=1S/C27H31N3O4S/c1-3-22(27(32)28-4-2)29(19-20-11-6-5-7-12-20)25(31)17-10-18-30-23-15-8-13-21-14-9-16-24(26(21)23)35(30,33)34/h5-9,11-16,22H,3-4,10,17-19H2,1-2H3,(H,28,32). The molecule has 0 spiro atoms. The molecule has 0 fully saturated rings. The highest BCUT2D eigenvalue weighted by atomic mass is 32.2. The summed E-state index contributed by atoms with van der Waals surface area (Å²) >= 11 is 0. The number of carbonyl (C=O) groups is 2. The first kappa shape index (κ1) is 24.7. The van der Waals surface area contributed by atoms with Gasteiger partial charge in [-0.2, -0.15) is 0 Å². The van der Waals surface area contributed by atoms with Crippen molar-refractivity contribution in [3.05, 3.63) is 72.3 Å². The second kappa shape index (κ2) is 10.5. The van der Waals surface area contributed by atoms with Crippen molar-refractivity contribution in [3.63, 3.8) is 0 Å². The lowest BCUT2D eigenvalue weighted by atomic mass is 10.1. The zero-order chi connectivity index (χ0) is 25.0. The third-order valence-corrected chi connectivity index (χ3v) is 8.22. The zero-order valence-electron chi connectivity index (χ0n) is 20.1. The van der Waals surface area contributed by atoms with Crippen LogP contribution in [-0.2, 0) is 26.2 Å². The van der Waals surface area contributed by atoms with Crippen LogP contribution in [0.1, 0.15) is 38.7 Å². The van der Waals surface area contributed by atoms with Crippen molar-refractivity contribution < 1.29 is 18.0 Å². The maximum Gasteiger partial charge on any atom is 0.265 e. The number of amides is 2. The van der Waals surface area contributed by atoms with E-state index in [9.17, 15) is 18.0 Å². The highest BCUT2D eigenvalue weighted by molar-refractivity contribution is 7.93. The van der Waals surface area contributed by atoms with Gasteiger partial charge in [0.2, 0.25) is 11.8 Å². The van der Waals surface area contributed by atoms with Crippen molar-refractivity contribution in [1.82, 2.24) is 10.2 Å². The van der Waals surface area contributed by atoms with Gasteiger partial charge in [-0.15, -0.1) is 0 Å². The Morgan fingerprint density at radius 2 is 1.69 bits per heavy atom. The largest absolute Gasteiger partial charge is 0.355 e. The molecule has 1 aliphatic heterocycles. The first-order valence-corrected chi connectivity index (χ1v) is 13.5. The average molecular weight is 494 g/mol. The predicted octanol–water partition coefficient (Wildman–Crippen LogP) is 4.07. The minimum absolute atomic E-state index is 0.140. The molecular weight excluding hydrogens is 462 g/mol. The minimum atomic E-state index is -3.66. The van der Waals surface area contributed by atoms with E-state index in [0.29, 0.717) is 36.5 Å². The molecule has 0 aromatic heterocycles. The van der Waals surface area contributed by atoms with Crippen molar-refractivity contribution in [2.45, 2.75) is 50.6 Å². The van der Waals surface area contributed by atoms with Crippen LogP contribution < -0.4 is 9.62 Å². The Balaban J connectivity index is 1.51. The van der Waals surface area contributed by atoms with Crippen molar-refractivity contribution in [2.75, 3.05) is 17.4 Å². The Hall–Kier alpha value is -3.39. The van der Waals surface area contributed by atoms with Crippen LogP contribution in [0, 0.1) is 0 Å². The summed E-state index contributed by atoms with van der Waals surface area (Å²) in [6.07, 6.45) is 0.975. The Labute approximate surface area is 206 Å². The Kier molecular flexibility index (Phi) is 7.40. The van der Waals surface area contributed by atoms with Gasteiger partial charge in [0, 0.05) is 31.4 Å². The smallest absolute Gasteiger partial charge is 0.265 e. The molecule has 1 heterocycles. The fraction of sp³-hybridized carbons (Fsp3) is 0.333. The molecule has 184 valence electrons. The molecule has 1 N–H and O–H groups in total. The number of nitrogens with one attached hydrogen (secondary N) is 1. The van der Waals surface area contributed by atoms with Crippen LogP contribution in [0.2, 0.25) is 0 Å². The van der Waals surface area contributed by atoms with E-state index in [1.165, 1.54) is 4.31 Å². The predicted molar refractivity (Wildman–Crippen MR) is 137 cm³/mol. The van der Waals surface area contributed by atoms with Gasteiger partial charge in [-0.05, 0) is 42.8 Å². The summed E-state index contributed by atoms with van der Waals surface area (Å²) in [7, 11) is -3.66. The van der Waals surface area contributed by atoms with Gasteiger partial charge in [0.15, 0.2) is 0 Å². The fourth-order valence-corrected chi connectivity index (χ4v) is 6.46. The van der Waals surface area contributed by atoms with Crippen molar-refractivity contribution in [1.29, 1.82) is 0 Å². The Bertz CT molecular complexity index is 1320. The molecule has 0 saturated carbocycles. The maximum absolute atomic E-state index is 13.4. The number of hydrogen-bond acceptors (Lipinski definition) is 4. The Morgan fingerprint density at radius 3 is 2.37 bits per heavy atom. The van der Waals surface area contributed by atoms with Gasteiger partial charge in [-0.25, -0.2) is 8.42 Å². The first-order chi connectivity index (χ1) is 16.9. The third-order valence-electron chi connectivity index (χ3n) is 6.37. The molecule has 0 bridgehead atoms. The topological polar surface area (TPSA) is 86.8 Å². The van der Waals surface area contributed by atoms with Gasteiger partial charge in [-0.1, -0.05) is 61.5 Å². The molecule has 1 aliphatic rings. The third kappa shape index (κ3) is 4.89. The number of benzene rings is 3. The van der Waals surface area contributed by atoms with Crippen molar-refractivity contribution >= 4 is 38.3 Å². The molecule has 2 amide bonds. The number of nitrogens with zero attached hydrogens (tertiary/aromatic N) is 2. The quantitative estimate of drug-likeness (QED) is 0.461. The van der Waals surface area contributed by atoms with Gasteiger partial charge >= 0.3 is 0 Å². The second-order valence-corrected chi connectivity index (χ2v) is 10.5. The van der Waals surface area contributed by atoms with Gasteiger partial charge in [-0.3, -0.25) is 13.9 Å². The van der Waals surface area contributed by atoms with Gasteiger partial charge in [0.25, 0.3) is 10.0 Å². The molecule has 1 unspecified atom stereocenters. The molecular formula is C27H31N3O4S. The zero-order valence-corrected chi connectivity index (χ0v) is 20.9. The number of carbonyl (C=O) groups excluding carboxylic acids is 2. The van der Waals surface area contributed by atoms with Crippen molar-refractivity contribution in [2.24, 2.45) is 0 Å². The molecule has 7 nitrogen and oxygen atoms in total. The van der Waals surface area contributed by atoms with Gasteiger partial charge in [0.05, 0.1) is 10.6 Å². The normalized spacial score (nSPS) is 14.6. The lowest BCUT2D eigenvalue weighted by Gasteiger charge is -2.31. The molecule has 0 aliphatic carbocycles. The van der Waals surface area contributed by atoms with Gasteiger partial charge < -0.3 is 10.2 Å². The summed E-state index contributed by atoms with van der Waals surface area (Å²) in [5.41, 5.74) is 1.59. The van der Waals surface area contributed by atoms with Crippen LogP contribution in [0.3, 0.4) is 0 Å². The SMILES string of the molecule is CCNC(=O)C(CC)N(Cc1ccccc1)C(=O)CCCN1c2cccc3cccc(c23)S1(=O)=O. The maximum atomic E-state index is 13.4. The van der Waals surface area contributed by atoms with Crippen LogP contribution in [0.25, 0.3) is 10.8 Å². The number of rotatable bonds is 10. The van der Waals surface area contributed by atoms with Crippen LogP contribution in [0.4, 0.5) is 5.69 Å². The molecule has 35 heavy (non-hydrogen) atoms. The molecule has 3 aromatic rings. The summed E-state index contributed by atoms with van der Waals surface area (Å²) < 4.78 is 27.8. The molecule has 1 atom stereocenters. The molecule has 4 rings (SSSR count). The van der Waals surface area contributed by atoms with Crippen molar-refractivity contribution in [3.8, 4) is 0 Å². The van der Waals surface area contributed by atoms with E-state index in [4.69, 9.17) is 0 Å². The van der Waals surface area contributed by atoms with Gasteiger partial charge in [0.1, 0.15) is 6.04 Å². The highest BCUT2D eigenvalue weighted by Crippen LogP contribution is 2.42. The minimum Gasteiger partial charge on any atom is -0.355 e. The van der Waals surface area contributed by atoms with E-state index in [0.717, 1.165) is 16.3 Å². The number of anilines is 1. The second-order valence-electron chi connectivity index (χ2n) is 8.64. The van der Waals surface area contributed by atoms with Crippen LogP contribution in [0.5, 0.6) is 0 Å². The van der Waals surface area contributed by atoms with E-state index in [2.05, 4.69) is 5.32 Å². The van der Waals surface area contributed by atoms with Crippen LogP contribution in [-0.4, -0.2) is 44.3 Å². The number of likely N-dealkylation sites (N-methyl/N-ethyl adjacent to an activating group) is 1. The average Bonchev–Trinajstić information content (AvgIpc) is 3.08. The summed E-state index contributed by atoms with van der Waals surface area (Å²) in [5.74, 6) is -0.345. The molecule has 3 aromatic carbocycles. The van der Waals surface area contributed by atoms with E-state index in [1.807, 2.05) is 68.4 Å². The van der Waals surface area contributed by atoms with E-state index in [-0.39, 0.29) is 24.8 Å². The molecule has 0 saturated heterocycles. The summed E-state index contributed by atoms with van der Waals surface area (Å²) in [5, 5.41) is 4.44. The van der Waals surface area contributed by atoms with E-state index >= 15 is 0 Å². The van der Waals surface area contributed by atoms with E-state index in [1.54, 1.807) is 17.0 Å². The van der Waals surface area contributed by atoms with Crippen LogP contribution in [0.15, 0.2) is 71.6 Å². The Morgan fingerprint density at radius 1 is 0.971 bits per heavy atom. The lowest BCUT2D eigenvalue weighted by Crippen LogP contribution is -2.49. The summed E-state index contributed by atoms with van der Waals surface area (Å²) in [6.45, 7) is 4.74. The lowest BCUT2D eigenvalue weighted by molar-refractivity contribution is -0.141. The first-order valence-electron chi connectivity index (χ1n) is 12.0. The fourth-order valence-electron chi connectivity index (χ4n) is 4.71. The molecule has 8 heteroatoms. The number of sulfonamides is 1. The number of hydrogen-bond donors (Lipinski definition) is 1. The monoisotopic (exact) mass is 493 g/mol. The summed E-state index contributed by atoms with van der Waals surface area (Å²) in [4.78, 5) is 28.0. The van der Waals surface area contributed by atoms with Crippen LogP contribution >= 0.6 is 0 Å². The van der Waals surface area contributed by atoms with E-state index < -0.39 is 16.1 Å². The summed E-state index contributed by atoms with van der Waals surface area (Å²) in [6, 6.07) is 19.8.